The van der Waals surface area contributed by atoms with Gasteiger partial charge in [-0.05, 0) is 27.7 Å². The summed E-state index contributed by atoms with van der Waals surface area (Å²) in [6.07, 6.45) is 0. The first-order valence-corrected chi connectivity index (χ1v) is 5.60. The number of nitrogens with one attached hydrogen (secondary N) is 1. The maximum absolute atomic E-state index is 5.94. The number of rotatable bonds is 3. The lowest BCUT2D eigenvalue weighted by atomic mass is 10.3. The topological polar surface area (TPSA) is 24.9 Å². The van der Waals surface area contributed by atoms with Gasteiger partial charge in [0.2, 0.25) is 0 Å². The molecular formula is C9H15ClN2S. The second-order valence-electron chi connectivity index (χ2n) is 3.27. The van der Waals surface area contributed by atoms with E-state index in [1.165, 1.54) is 4.88 Å². The zero-order chi connectivity index (χ0) is 10.0. The average Bonchev–Trinajstić information content (AvgIpc) is 2.31. The van der Waals surface area contributed by atoms with E-state index < -0.39 is 0 Å². The predicted octanol–water partition coefficient (Wildman–Crippen LogP) is 3.19. The van der Waals surface area contributed by atoms with Gasteiger partial charge in [0.25, 0.3) is 0 Å². The number of alkyl halides is 1. The molecule has 2 atom stereocenters. The van der Waals surface area contributed by atoms with Gasteiger partial charge in [0.05, 0.1) is 11.1 Å². The van der Waals surface area contributed by atoms with Crippen LogP contribution in [0, 0.1) is 13.8 Å². The maximum Gasteiger partial charge on any atom is 0.183 e. The second-order valence-corrected chi connectivity index (χ2v) is 5.16. The molecule has 0 aromatic carbocycles. The van der Waals surface area contributed by atoms with E-state index in [-0.39, 0.29) is 11.4 Å². The molecule has 1 heterocycles. The third kappa shape index (κ3) is 2.85. The zero-order valence-electron chi connectivity index (χ0n) is 8.39. The van der Waals surface area contributed by atoms with Gasteiger partial charge in [-0.3, -0.25) is 0 Å². The number of aryl methyl sites for hydroxylation is 2. The fraction of sp³-hybridized carbons (Fsp3) is 0.667. The Labute approximate surface area is 88.3 Å². The number of anilines is 1. The molecule has 1 N–H and O–H groups in total. The average molecular weight is 219 g/mol. The van der Waals surface area contributed by atoms with Crippen molar-refractivity contribution >= 4 is 28.1 Å². The van der Waals surface area contributed by atoms with Crippen LogP contribution in [0.4, 0.5) is 5.13 Å². The van der Waals surface area contributed by atoms with E-state index in [2.05, 4.69) is 24.1 Å². The molecule has 2 unspecified atom stereocenters. The standard InChI is InChI=1S/C9H15ClN2S/c1-5(10)6(2)11-9-12-7(3)8(4)13-9/h5-6H,1-4H3,(H,11,12). The molecule has 0 amide bonds. The minimum atomic E-state index is 0.115. The highest BCUT2D eigenvalue weighted by Crippen LogP contribution is 2.22. The lowest BCUT2D eigenvalue weighted by molar-refractivity contribution is 0.771. The number of halogens is 1. The van der Waals surface area contributed by atoms with Crippen LogP contribution < -0.4 is 5.32 Å². The van der Waals surface area contributed by atoms with Crippen LogP contribution >= 0.6 is 22.9 Å². The molecule has 0 saturated carbocycles. The number of hydrogen-bond acceptors (Lipinski definition) is 3. The van der Waals surface area contributed by atoms with Crippen molar-refractivity contribution in [1.29, 1.82) is 0 Å². The molecular weight excluding hydrogens is 204 g/mol. The first-order valence-electron chi connectivity index (χ1n) is 4.35. The van der Waals surface area contributed by atoms with E-state index in [9.17, 15) is 0 Å². The summed E-state index contributed by atoms with van der Waals surface area (Å²) in [5, 5.41) is 4.36. The molecule has 1 rings (SSSR count). The zero-order valence-corrected chi connectivity index (χ0v) is 9.96. The van der Waals surface area contributed by atoms with Gasteiger partial charge in [-0.1, -0.05) is 0 Å². The maximum atomic E-state index is 5.94. The van der Waals surface area contributed by atoms with Crippen molar-refractivity contribution in [2.45, 2.75) is 39.1 Å². The molecule has 2 nitrogen and oxygen atoms in total. The first kappa shape index (κ1) is 10.8. The predicted molar refractivity (Wildman–Crippen MR) is 60.0 cm³/mol. The van der Waals surface area contributed by atoms with Crippen LogP contribution in [0.3, 0.4) is 0 Å². The van der Waals surface area contributed by atoms with E-state index >= 15 is 0 Å². The monoisotopic (exact) mass is 218 g/mol. The van der Waals surface area contributed by atoms with Crippen molar-refractivity contribution < 1.29 is 0 Å². The van der Waals surface area contributed by atoms with Gasteiger partial charge in [-0.15, -0.1) is 22.9 Å². The minimum absolute atomic E-state index is 0.115. The largest absolute Gasteiger partial charge is 0.358 e. The van der Waals surface area contributed by atoms with Crippen LogP contribution in [0.1, 0.15) is 24.4 Å². The Morgan fingerprint density at radius 2 is 2.00 bits per heavy atom. The summed E-state index contributed by atoms with van der Waals surface area (Å²) < 4.78 is 0. The Balaban J connectivity index is 2.64. The van der Waals surface area contributed by atoms with Crippen LogP contribution in [0.25, 0.3) is 0 Å². The van der Waals surface area contributed by atoms with E-state index in [1.807, 2.05) is 13.8 Å². The van der Waals surface area contributed by atoms with Crippen molar-refractivity contribution in [3.05, 3.63) is 10.6 Å². The number of nitrogens with zero attached hydrogens (tertiary/aromatic N) is 1. The third-order valence-corrected chi connectivity index (χ3v) is 3.45. The quantitative estimate of drug-likeness (QED) is 0.789. The summed E-state index contributed by atoms with van der Waals surface area (Å²) >= 11 is 7.62. The number of aromatic nitrogens is 1. The molecule has 0 radical (unpaired) electrons. The van der Waals surface area contributed by atoms with Crippen LogP contribution in [-0.4, -0.2) is 16.4 Å². The minimum Gasteiger partial charge on any atom is -0.358 e. The van der Waals surface area contributed by atoms with Crippen molar-refractivity contribution in [3.8, 4) is 0 Å². The van der Waals surface area contributed by atoms with Gasteiger partial charge < -0.3 is 5.32 Å². The van der Waals surface area contributed by atoms with Crippen LogP contribution in [0.15, 0.2) is 0 Å². The second kappa shape index (κ2) is 4.29. The molecule has 0 saturated heterocycles. The lowest BCUT2D eigenvalue weighted by Crippen LogP contribution is -2.23. The lowest BCUT2D eigenvalue weighted by Gasteiger charge is -2.14. The Morgan fingerprint density at radius 1 is 1.38 bits per heavy atom. The normalized spacial score (nSPS) is 15.5. The van der Waals surface area contributed by atoms with Gasteiger partial charge in [-0.25, -0.2) is 4.98 Å². The highest BCUT2D eigenvalue weighted by molar-refractivity contribution is 7.15. The first-order chi connectivity index (χ1) is 6.00. The van der Waals surface area contributed by atoms with Gasteiger partial charge in [0.15, 0.2) is 5.13 Å². The van der Waals surface area contributed by atoms with E-state index in [0.29, 0.717) is 0 Å². The molecule has 0 fully saturated rings. The fourth-order valence-corrected chi connectivity index (χ4v) is 1.82. The molecule has 1 aromatic heterocycles. The highest BCUT2D eigenvalue weighted by atomic mass is 35.5. The van der Waals surface area contributed by atoms with Crippen molar-refractivity contribution in [2.24, 2.45) is 0 Å². The van der Waals surface area contributed by atoms with E-state index in [1.54, 1.807) is 11.3 Å². The summed E-state index contributed by atoms with van der Waals surface area (Å²) in [6, 6.07) is 0.256. The van der Waals surface area contributed by atoms with Crippen LogP contribution in [0.2, 0.25) is 0 Å². The molecule has 0 aliphatic rings. The van der Waals surface area contributed by atoms with Gasteiger partial charge in [0.1, 0.15) is 0 Å². The highest BCUT2D eigenvalue weighted by Gasteiger charge is 2.11. The summed E-state index contributed by atoms with van der Waals surface area (Å²) in [4.78, 5) is 5.64. The summed E-state index contributed by atoms with van der Waals surface area (Å²) in [5.41, 5.74) is 1.10. The fourth-order valence-electron chi connectivity index (χ4n) is 0.844. The van der Waals surface area contributed by atoms with E-state index in [0.717, 1.165) is 10.8 Å². The smallest absolute Gasteiger partial charge is 0.183 e. The van der Waals surface area contributed by atoms with E-state index in [4.69, 9.17) is 11.6 Å². The third-order valence-electron chi connectivity index (χ3n) is 2.07. The Bertz CT molecular complexity index is 264. The number of hydrogen-bond donors (Lipinski definition) is 1. The molecule has 1 aromatic rings. The van der Waals surface area contributed by atoms with Crippen molar-refractivity contribution in [3.63, 3.8) is 0 Å². The van der Waals surface area contributed by atoms with Gasteiger partial charge >= 0.3 is 0 Å². The van der Waals surface area contributed by atoms with Crippen molar-refractivity contribution in [2.75, 3.05) is 5.32 Å². The Hall–Kier alpha value is -0.280. The summed E-state index contributed by atoms with van der Waals surface area (Å²) in [7, 11) is 0. The molecule has 13 heavy (non-hydrogen) atoms. The number of thiazole rings is 1. The molecule has 0 bridgehead atoms. The SMILES string of the molecule is Cc1nc(NC(C)C(C)Cl)sc1C. The molecule has 4 heteroatoms. The molecule has 0 spiro atoms. The Morgan fingerprint density at radius 3 is 2.38 bits per heavy atom. The van der Waals surface area contributed by atoms with Crippen LogP contribution in [0.5, 0.6) is 0 Å². The molecule has 0 aliphatic carbocycles. The molecule has 0 aliphatic heterocycles. The summed E-state index contributed by atoms with van der Waals surface area (Å²) in [6.45, 7) is 8.13. The summed E-state index contributed by atoms with van der Waals surface area (Å²) in [5.74, 6) is 0. The Kier molecular flexibility index (Phi) is 3.56. The molecule has 74 valence electrons. The van der Waals surface area contributed by atoms with Gasteiger partial charge in [0, 0.05) is 10.9 Å². The van der Waals surface area contributed by atoms with Crippen LogP contribution in [-0.2, 0) is 0 Å². The van der Waals surface area contributed by atoms with Crippen molar-refractivity contribution in [1.82, 2.24) is 4.98 Å². The van der Waals surface area contributed by atoms with Gasteiger partial charge in [-0.2, -0.15) is 0 Å².